The van der Waals surface area contributed by atoms with Gasteiger partial charge >= 0.3 is 0 Å². The molecule has 1 atom stereocenters. The number of H-pyrrole nitrogens is 1. The molecule has 2 heterocycles. The molecule has 1 saturated heterocycles. The van der Waals surface area contributed by atoms with Crippen LogP contribution in [0.15, 0.2) is 60.3 Å². The zero-order valence-corrected chi connectivity index (χ0v) is 16.0. The van der Waals surface area contributed by atoms with Crippen molar-refractivity contribution in [1.29, 1.82) is 0 Å². The first-order valence-corrected chi connectivity index (χ1v) is 10.3. The number of amides is 1. The number of piperidine rings is 1. The minimum atomic E-state index is 0.244. The van der Waals surface area contributed by atoms with E-state index in [0.717, 1.165) is 62.0 Å². The van der Waals surface area contributed by atoms with Crippen LogP contribution in [0.5, 0.6) is 0 Å². The first kappa shape index (κ1) is 17.2. The van der Waals surface area contributed by atoms with Crippen molar-refractivity contribution in [3.63, 3.8) is 0 Å². The molecule has 2 aromatic carbocycles. The minimum absolute atomic E-state index is 0.244. The van der Waals surface area contributed by atoms with E-state index in [2.05, 4.69) is 63.6 Å². The Morgan fingerprint density at radius 3 is 2.86 bits per heavy atom. The first-order valence-electron chi connectivity index (χ1n) is 10.3. The number of fused-ring (bicyclic) bond motifs is 1. The Bertz CT molecular complexity index is 1040. The van der Waals surface area contributed by atoms with Gasteiger partial charge in [0.2, 0.25) is 5.91 Å². The van der Waals surface area contributed by atoms with E-state index < -0.39 is 0 Å². The molecule has 1 aliphatic carbocycles. The number of nitrogens with one attached hydrogen (secondary N) is 1. The summed E-state index contributed by atoms with van der Waals surface area (Å²) in [6.45, 7) is 1.64. The fourth-order valence-electron chi connectivity index (χ4n) is 4.75. The topological polar surface area (TPSA) is 49.0 Å². The van der Waals surface area contributed by atoms with E-state index >= 15 is 0 Å². The molecular weight excluding hydrogens is 346 g/mol. The van der Waals surface area contributed by atoms with Gasteiger partial charge in [0.15, 0.2) is 0 Å². The Hall–Kier alpha value is -2.88. The second-order valence-corrected chi connectivity index (χ2v) is 7.94. The number of carbonyl (C=O) groups is 1. The molecule has 2 aliphatic rings. The molecule has 1 amide bonds. The summed E-state index contributed by atoms with van der Waals surface area (Å²) in [6.07, 6.45) is 9.29. The fraction of sp³-hybridized carbons (Fsp3) is 0.333. The number of carbonyl (C=O) groups excluding carboxylic acids is 1. The summed E-state index contributed by atoms with van der Waals surface area (Å²) in [7, 11) is 0. The maximum atomic E-state index is 12.9. The highest BCUT2D eigenvalue weighted by Crippen LogP contribution is 2.36. The van der Waals surface area contributed by atoms with Crippen molar-refractivity contribution in [2.75, 3.05) is 13.1 Å². The van der Waals surface area contributed by atoms with Crippen LogP contribution >= 0.6 is 0 Å². The molecule has 0 saturated carbocycles. The van der Waals surface area contributed by atoms with Gasteiger partial charge in [-0.05, 0) is 48.4 Å². The lowest BCUT2D eigenvalue weighted by molar-refractivity contribution is -0.128. The summed E-state index contributed by atoms with van der Waals surface area (Å²) in [5, 5.41) is 10.1. The van der Waals surface area contributed by atoms with E-state index in [1.54, 1.807) is 0 Å². The van der Waals surface area contributed by atoms with Gasteiger partial charge in [0.1, 0.15) is 0 Å². The van der Waals surface area contributed by atoms with E-state index in [1.165, 1.54) is 16.3 Å². The van der Waals surface area contributed by atoms with Crippen LogP contribution < -0.4 is 0 Å². The largest absolute Gasteiger partial charge is 0.338 e. The van der Waals surface area contributed by atoms with Gasteiger partial charge in [-0.1, -0.05) is 48.5 Å². The molecule has 1 aliphatic heterocycles. The number of rotatable bonds is 3. The SMILES string of the molecule is O=C(C1=CCCC1)N1CCC[C@@H](c2[nH]ncc2-c2cccc3ccccc23)C1. The van der Waals surface area contributed by atoms with Crippen molar-refractivity contribution >= 4 is 16.7 Å². The van der Waals surface area contributed by atoms with Crippen molar-refractivity contribution in [3.8, 4) is 11.1 Å². The third kappa shape index (κ3) is 3.03. The molecule has 5 rings (SSSR count). The van der Waals surface area contributed by atoms with Gasteiger partial charge in [0.05, 0.1) is 6.20 Å². The van der Waals surface area contributed by atoms with Crippen molar-refractivity contribution in [2.24, 2.45) is 0 Å². The molecule has 4 heteroatoms. The molecular formula is C24H25N3O. The fourth-order valence-corrected chi connectivity index (χ4v) is 4.75. The maximum absolute atomic E-state index is 12.9. The standard InChI is InChI=1S/C24H25N3O/c28-24(18-8-1-2-9-18)27-14-6-11-19(16-27)23-22(15-25-26-23)21-13-5-10-17-7-3-4-12-20(17)21/h3-5,7-8,10,12-13,15,19H,1-2,6,9,11,14,16H2,(H,25,26)/t19-/m1/s1. The average molecular weight is 371 g/mol. The van der Waals surface area contributed by atoms with Crippen molar-refractivity contribution in [3.05, 3.63) is 66.0 Å². The Kier molecular flexibility index (Phi) is 4.47. The lowest BCUT2D eigenvalue weighted by Gasteiger charge is -2.33. The predicted octanol–water partition coefficient (Wildman–Crippen LogP) is 5.05. The summed E-state index contributed by atoms with van der Waals surface area (Å²) < 4.78 is 0. The molecule has 1 N–H and O–H groups in total. The van der Waals surface area contributed by atoms with Crippen LogP contribution in [0.4, 0.5) is 0 Å². The molecule has 0 bridgehead atoms. The van der Waals surface area contributed by atoms with Crippen molar-refractivity contribution in [2.45, 2.75) is 38.0 Å². The number of benzene rings is 2. The van der Waals surface area contributed by atoms with Crippen LogP contribution in [-0.2, 0) is 4.79 Å². The van der Waals surface area contributed by atoms with Crippen LogP contribution in [0.25, 0.3) is 21.9 Å². The van der Waals surface area contributed by atoms with Crippen molar-refractivity contribution < 1.29 is 4.79 Å². The lowest BCUT2D eigenvalue weighted by Crippen LogP contribution is -2.39. The number of likely N-dealkylation sites (tertiary alicyclic amines) is 1. The van der Waals surface area contributed by atoms with E-state index in [9.17, 15) is 4.79 Å². The van der Waals surface area contributed by atoms with E-state index in [1.807, 2.05) is 6.20 Å². The summed E-state index contributed by atoms with van der Waals surface area (Å²) in [6, 6.07) is 14.9. The van der Waals surface area contributed by atoms with Crippen LogP contribution in [0, 0.1) is 0 Å². The van der Waals surface area contributed by atoms with Crippen LogP contribution in [0.1, 0.15) is 43.7 Å². The van der Waals surface area contributed by atoms with Gasteiger partial charge in [0, 0.05) is 35.8 Å². The number of nitrogens with zero attached hydrogens (tertiary/aromatic N) is 2. The molecule has 0 unspecified atom stereocenters. The first-order chi connectivity index (χ1) is 13.8. The molecule has 1 fully saturated rings. The predicted molar refractivity (Wildman–Crippen MR) is 112 cm³/mol. The highest BCUT2D eigenvalue weighted by Gasteiger charge is 2.29. The van der Waals surface area contributed by atoms with Gasteiger partial charge in [0.25, 0.3) is 0 Å². The molecule has 3 aromatic rings. The summed E-state index contributed by atoms with van der Waals surface area (Å²) >= 11 is 0. The highest BCUT2D eigenvalue weighted by atomic mass is 16.2. The zero-order chi connectivity index (χ0) is 18.9. The number of aromatic amines is 1. The average Bonchev–Trinajstić information content (AvgIpc) is 3.45. The Balaban J connectivity index is 1.46. The summed E-state index contributed by atoms with van der Waals surface area (Å²) in [5.74, 6) is 0.546. The minimum Gasteiger partial charge on any atom is -0.338 e. The second kappa shape index (κ2) is 7.27. The Morgan fingerprint density at radius 2 is 1.96 bits per heavy atom. The monoisotopic (exact) mass is 371 g/mol. The van der Waals surface area contributed by atoms with E-state index in [0.29, 0.717) is 5.92 Å². The normalized spacial score (nSPS) is 19.8. The molecule has 0 radical (unpaired) electrons. The maximum Gasteiger partial charge on any atom is 0.249 e. The van der Waals surface area contributed by atoms with Gasteiger partial charge in [-0.2, -0.15) is 5.10 Å². The van der Waals surface area contributed by atoms with E-state index in [-0.39, 0.29) is 5.91 Å². The smallest absolute Gasteiger partial charge is 0.249 e. The van der Waals surface area contributed by atoms with Gasteiger partial charge in [-0.3, -0.25) is 9.89 Å². The number of hydrogen-bond acceptors (Lipinski definition) is 2. The molecule has 142 valence electrons. The quantitative estimate of drug-likeness (QED) is 0.701. The zero-order valence-electron chi connectivity index (χ0n) is 16.0. The van der Waals surface area contributed by atoms with Crippen LogP contribution in [-0.4, -0.2) is 34.1 Å². The van der Waals surface area contributed by atoms with Crippen LogP contribution in [0.3, 0.4) is 0 Å². The van der Waals surface area contributed by atoms with Crippen molar-refractivity contribution in [1.82, 2.24) is 15.1 Å². The molecule has 4 nitrogen and oxygen atoms in total. The number of allylic oxidation sites excluding steroid dienone is 1. The number of hydrogen-bond donors (Lipinski definition) is 1. The lowest BCUT2D eigenvalue weighted by atomic mass is 9.89. The summed E-state index contributed by atoms with van der Waals surface area (Å²) in [5.41, 5.74) is 4.55. The van der Waals surface area contributed by atoms with Gasteiger partial charge in [-0.25, -0.2) is 0 Å². The third-order valence-corrected chi connectivity index (χ3v) is 6.18. The number of aromatic nitrogens is 2. The van der Waals surface area contributed by atoms with Gasteiger partial charge in [-0.15, -0.1) is 0 Å². The van der Waals surface area contributed by atoms with E-state index in [4.69, 9.17) is 0 Å². The van der Waals surface area contributed by atoms with Gasteiger partial charge < -0.3 is 4.90 Å². The Morgan fingerprint density at radius 1 is 1.07 bits per heavy atom. The Labute approximate surface area is 165 Å². The third-order valence-electron chi connectivity index (χ3n) is 6.18. The molecule has 28 heavy (non-hydrogen) atoms. The summed E-state index contributed by atoms with van der Waals surface area (Å²) in [4.78, 5) is 14.9. The highest BCUT2D eigenvalue weighted by molar-refractivity contribution is 5.97. The molecule has 0 spiro atoms. The van der Waals surface area contributed by atoms with Crippen LogP contribution in [0.2, 0.25) is 0 Å². The molecule has 1 aromatic heterocycles. The second-order valence-electron chi connectivity index (χ2n) is 7.94.